The van der Waals surface area contributed by atoms with Crippen molar-refractivity contribution in [1.82, 2.24) is 14.2 Å². The van der Waals surface area contributed by atoms with E-state index in [1.807, 2.05) is 4.68 Å². The Kier molecular flexibility index (Phi) is 3.80. The molecule has 3 rings (SSSR count). The second kappa shape index (κ2) is 5.40. The minimum atomic E-state index is 0.533. The average Bonchev–Trinajstić information content (AvgIpc) is 2.69. The minimum absolute atomic E-state index is 0.533. The van der Waals surface area contributed by atoms with Crippen molar-refractivity contribution in [2.24, 2.45) is 0 Å². The third-order valence-corrected chi connectivity index (χ3v) is 4.43. The predicted octanol–water partition coefficient (Wildman–Crippen LogP) is 2.20. The molecule has 0 unspecified atom stereocenters. The van der Waals surface area contributed by atoms with Gasteiger partial charge in [0, 0.05) is 6.20 Å². The number of pyridine rings is 1. The molecule has 0 bridgehead atoms. The summed E-state index contributed by atoms with van der Waals surface area (Å²) in [5, 5.41) is 5.61. The Morgan fingerprint density at radius 2 is 2.00 bits per heavy atom. The van der Waals surface area contributed by atoms with Gasteiger partial charge in [0.25, 0.3) is 0 Å². The molecule has 1 aliphatic rings. The number of hydrogen-bond acceptors (Lipinski definition) is 2. The van der Waals surface area contributed by atoms with Gasteiger partial charge in [0.2, 0.25) is 4.77 Å². The number of hydrogen-bond donors (Lipinski definition) is 1. The van der Waals surface area contributed by atoms with Gasteiger partial charge in [-0.05, 0) is 37.5 Å². The van der Waals surface area contributed by atoms with Gasteiger partial charge in [0.1, 0.15) is 0 Å². The monoisotopic (exact) mass is 317 g/mol. The molecule has 102 valence electrons. The van der Waals surface area contributed by atoms with Crippen molar-refractivity contribution >= 4 is 41.1 Å². The molecular formula is C12H15Cl2N4S+. The molecule has 0 atom stereocenters. The lowest BCUT2D eigenvalue weighted by atomic mass is 10.1. The lowest BCUT2D eigenvalue weighted by Crippen LogP contribution is -3.12. The Labute approximate surface area is 126 Å². The minimum Gasteiger partial charge on any atom is -0.316 e. The quantitative estimate of drug-likeness (QED) is 0.860. The highest BCUT2D eigenvalue weighted by Crippen LogP contribution is 2.21. The summed E-state index contributed by atoms with van der Waals surface area (Å²) in [7, 11) is 0. The zero-order valence-corrected chi connectivity index (χ0v) is 12.7. The molecule has 1 N–H and O–H groups in total. The number of likely N-dealkylation sites (tertiary alicyclic amines) is 1. The van der Waals surface area contributed by atoms with Gasteiger partial charge >= 0.3 is 0 Å². The van der Waals surface area contributed by atoms with Crippen molar-refractivity contribution < 1.29 is 4.90 Å². The van der Waals surface area contributed by atoms with E-state index in [2.05, 4.69) is 5.10 Å². The van der Waals surface area contributed by atoms with Gasteiger partial charge in [-0.15, -0.1) is 5.10 Å². The molecule has 0 saturated carbocycles. The predicted molar refractivity (Wildman–Crippen MR) is 78.6 cm³/mol. The molecule has 0 radical (unpaired) electrons. The van der Waals surface area contributed by atoms with Crippen molar-refractivity contribution in [2.75, 3.05) is 13.1 Å². The van der Waals surface area contributed by atoms with Crippen LogP contribution in [0.4, 0.5) is 0 Å². The van der Waals surface area contributed by atoms with E-state index in [0.29, 0.717) is 20.5 Å². The maximum absolute atomic E-state index is 6.16. The van der Waals surface area contributed by atoms with Crippen molar-refractivity contribution in [3.05, 3.63) is 27.1 Å². The van der Waals surface area contributed by atoms with Crippen LogP contribution in [0.15, 0.2) is 12.3 Å². The van der Waals surface area contributed by atoms with Gasteiger partial charge in [0.15, 0.2) is 12.3 Å². The summed E-state index contributed by atoms with van der Waals surface area (Å²) in [6, 6.07) is 1.69. The first kappa shape index (κ1) is 13.4. The van der Waals surface area contributed by atoms with Gasteiger partial charge in [-0.1, -0.05) is 23.2 Å². The fourth-order valence-electron chi connectivity index (χ4n) is 2.57. The number of nitrogens with zero attached hydrogens (tertiary/aromatic N) is 3. The van der Waals surface area contributed by atoms with Crippen molar-refractivity contribution in [1.29, 1.82) is 0 Å². The normalized spacial score (nSPS) is 17.2. The van der Waals surface area contributed by atoms with Crippen LogP contribution < -0.4 is 4.90 Å². The van der Waals surface area contributed by atoms with Crippen molar-refractivity contribution in [3.63, 3.8) is 0 Å². The molecular weight excluding hydrogens is 303 g/mol. The summed E-state index contributed by atoms with van der Waals surface area (Å²) < 4.78 is 4.29. The summed E-state index contributed by atoms with van der Waals surface area (Å²) >= 11 is 17.6. The molecule has 2 aromatic rings. The molecule has 2 aromatic heterocycles. The summed E-state index contributed by atoms with van der Waals surface area (Å²) in [6.45, 7) is 3.17. The number of rotatable bonds is 2. The molecule has 3 heterocycles. The van der Waals surface area contributed by atoms with Crippen LogP contribution in [0.2, 0.25) is 10.0 Å². The molecule has 1 fully saturated rings. The van der Waals surface area contributed by atoms with Crippen LogP contribution in [0.5, 0.6) is 0 Å². The number of fused-ring (bicyclic) bond motifs is 1. The Morgan fingerprint density at radius 3 is 2.74 bits per heavy atom. The van der Waals surface area contributed by atoms with E-state index in [1.54, 1.807) is 16.7 Å². The number of aromatic nitrogens is 3. The second-order valence-electron chi connectivity index (χ2n) is 4.95. The summed E-state index contributed by atoms with van der Waals surface area (Å²) in [6.07, 6.45) is 5.66. The molecule has 0 spiro atoms. The molecule has 0 amide bonds. The molecule has 0 aromatic carbocycles. The van der Waals surface area contributed by atoms with Crippen LogP contribution in [-0.4, -0.2) is 27.3 Å². The van der Waals surface area contributed by atoms with E-state index in [4.69, 9.17) is 35.4 Å². The summed E-state index contributed by atoms with van der Waals surface area (Å²) in [4.78, 5) is 1.52. The van der Waals surface area contributed by atoms with Crippen LogP contribution in [0, 0.1) is 4.77 Å². The molecule has 0 aliphatic carbocycles. The van der Waals surface area contributed by atoms with Crippen LogP contribution in [-0.2, 0) is 6.67 Å². The number of piperidine rings is 1. The average molecular weight is 318 g/mol. The molecule has 7 heteroatoms. The SMILES string of the molecule is S=c1n(C[NH+]2CCCCC2)nc2c(Cl)cc(Cl)cn12. The Bertz CT molecular complexity index is 658. The standard InChI is InChI=1S/C12H14Cl2N4S/c13-9-6-10(14)11-15-18(12(19)17(11)7-9)8-16-4-2-1-3-5-16/h6-7H,1-5,8H2/p+1. The van der Waals surface area contributed by atoms with Gasteiger partial charge in [-0.3, -0.25) is 4.40 Å². The molecule has 1 saturated heterocycles. The first-order chi connectivity index (χ1) is 9.15. The number of halogens is 2. The largest absolute Gasteiger partial charge is 0.316 e. The zero-order chi connectivity index (χ0) is 13.4. The first-order valence-electron chi connectivity index (χ1n) is 6.43. The lowest BCUT2D eigenvalue weighted by molar-refractivity contribution is -0.928. The smallest absolute Gasteiger partial charge is 0.207 e. The van der Waals surface area contributed by atoms with Crippen LogP contribution in [0.25, 0.3) is 5.65 Å². The van der Waals surface area contributed by atoms with Gasteiger partial charge < -0.3 is 4.90 Å². The van der Waals surface area contributed by atoms with E-state index in [-0.39, 0.29) is 0 Å². The van der Waals surface area contributed by atoms with Crippen LogP contribution in [0.1, 0.15) is 19.3 Å². The van der Waals surface area contributed by atoms with E-state index in [0.717, 1.165) is 6.67 Å². The van der Waals surface area contributed by atoms with Crippen LogP contribution in [0.3, 0.4) is 0 Å². The van der Waals surface area contributed by atoms with Gasteiger partial charge in [-0.2, -0.15) is 4.68 Å². The lowest BCUT2D eigenvalue weighted by Gasteiger charge is -2.22. The number of quaternary nitrogens is 1. The fraction of sp³-hybridized carbons (Fsp3) is 0.500. The van der Waals surface area contributed by atoms with E-state index >= 15 is 0 Å². The highest BCUT2D eigenvalue weighted by molar-refractivity contribution is 7.71. The molecule has 4 nitrogen and oxygen atoms in total. The fourth-order valence-corrected chi connectivity index (χ4v) is 3.32. The van der Waals surface area contributed by atoms with E-state index in [1.165, 1.54) is 37.3 Å². The summed E-state index contributed by atoms with van der Waals surface area (Å²) in [5.74, 6) is 0. The molecule has 19 heavy (non-hydrogen) atoms. The first-order valence-corrected chi connectivity index (χ1v) is 7.59. The highest BCUT2D eigenvalue weighted by atomic mass is 35.5. The van der Waals surface area contributed by atoms with E-state index in [9.17, 15) is 0 Å². The van der Waals surface area contributed by atoms with E-state index < -0.39 is 0 Å². The maximum Gasteiger partial charge on any atom is 0.207 e. The maximum atomic E-state index is 6.16. The Balaban J connectivity index is 1.98. The van der Waals surface area contributed by atoms with Crippen molar-refractivity contribution in [2.45, 2.75) is 25.9 Å². The Morgan fingerprint density at radius 1 is 1.26 bits per heavy atom. The summed E-state index contributed by atoms with van der Waals surface area (Å²) in [5.41, 5.74) is 0.674. The second-order valence-corrected chi connectivity index (χ2v) is 6.16. The zero-order valence-electron chi connectivity index (χ0n) is 10.4. The topological polar surface area (TPSA) is 26.7 Å². The molecule has 1 aliphatic heterocycles. The highest BCUT2D eigenvalue weighted by Gasteiger charge is 2.16. The third kappa shape index (κ3) is 2.65. The van der Waals surface area contributed by atoms with Gasteiger partial charge in [-0.25, -0.2) is 0 Å². The van der Waals surface area contributed by atoms with Crippen molar-refractivity contribution in [3.8, 4) is 0 Å². The third-order valence-electron chi connectivity index (χ3n) is 3.54. The van der Waals surface area contributed by atoms with Crippen LogP contribution >= 0.6 is 35.4 Å². The Hall–Kier alpha value is -0.620. The van der Waals surface area contributed by atoms with Gasteiger partial charge in [0.05, 0.1) is 23.1 Å². The number of nitrogens with one attached hydrogen (secondary N) is 1.